The largest absolute Gasteiger partial charge is 0.496 e. The molecule has 24 heavy (non-hydrogen) atoms. The number of furan rings is 1. The summed E-state index contributed by atoms with van der Waals surface area (Å²) >= 11 is 6.05. The van der Waals surface area contributed by atoms with Crippen molar-refractivity contribution < 1.29 is 13.9 Å². The molecule has 4 nitrogen and oxygen atoms in total. The van der Waals surface area contributed by atoms with E-state index in [0.717, 1.165) is 16.5 Å². The SMILES string of the molecule is COc1ccc(Cl)cc1CN(C)C(=O)c1oc2ccccc2c1C. The van der Waals surface area contributed by atoms with Crippen LogP contribution in [0.15, 0.2) is 46.9 Å². The quantitative estimate of drug-likeness (QED) is 0.691. The van der Waals surface area contributed by atoms with Crippen molar-refractivity contribution in [2.75, 3.05) is 14.2 Å². The second kappa shape index (κ2) is 6.57. The van der Waals surface area contributed by atoms with Crippen molar-refractivity contribution in [2.24, 2.45) is 0 Å². The number of aryl methyl sites for hydroxylation is 1. The number of benzene rings is 2. The molecule has 0 saturated carbocycles. The van der Waals surface area contributed by atoms with E-state index in [0.29, 0.717) is 28.7 Å². The molecule has 1 amide bonds. The fourth-order valence-electron chi connectivity index (χ4n) is 2.75. The number of nitrogens with zero attached hydrogens (tertiary/aromatic N) is 1. The van der Waals surface area contributed by atoms with Crippen LogP contribution in [0.3, 0.4) is 0 Å². The van der Waals surface area contributed by atoms with E-state index in [4.69, 9.17) is 20.8 Å². The summed E-state index contributed by atoms with van der Waals surface area (Å²) in [6, 6.07) is 13.0. The fourth-order valence-corrected chi connectivity index (χ4v) is 2.94. The molecule has 0 atom stereocenters. The molecule has 0 N–H and O–H groups in total. The van der Waals surface area contributed by atoms with Crippen LogP contribution in [0.25, 0.3) is 11.0 Å². The van der Waals surface area contributed by atoms with Crippen LogP contribution < -0.4 is 4.74 Å². The summed E-state index contributed by atoms with van der Waals surface area (Å²) < 4.78 is 11.1. The molecule has 0 unspecified atom stereocenters. The minimum Gasteiger partial charge on any atom is -0.496 e. The maximum atomic E-state index is 12.8. The zero-order chi connectivity index (χ0) is 17.3. The third-order valence-electron chi connectivity index (χ3n) is 4.03. The van der Waals surface area contributed by atoms with Gasteiger partial charge >= 0.3 is 0 Å². The smallest absolute Gasteiger partial charge is 0.289 e. The molecule has 5 heteroatoms. The van der Waals surface area contributed by atoms with Crippen LogP contribution >= 0.6 is 11.6 Å². The van der Waals surface area contributed by atoms with Crippen molar-refractivity contribution in [2.45, 2.75) is 13.5 Å². The highest BCUT2D eigenvalue weighted by Gasteiger charge is 2.21. The first kappa shape index (κ1) is 16.4. The van der Waals surface area contributed by atoms with Crippen molar-refractivity contribution in [3.05, 3.63) is 64.4 Å². The highest BCUT2D eigenvalue weighted by atomic mass is 35.5. The summed E-state index contributed by atoms with van der Waals surface area (Å²) in [6.45, 7) is 2.27. The lowest BCUT2D eigenvalue weighted by Gasteiger charge is -2.18. The minimum atomic E-state index is -0.175. The molecule has 0 aliphatic heterocycles. The highest BCUT2D eigenvalue weighted by molar-refractivity contribution is 6.30. The van der Waals surface area contributed by atoms with Crippen molar-refractivity contribution in [3.63, 3.8) is 0 Å². The Labute approximate surface area is 145 Å². The predicted molar refractivity (Wildman–Crippen MR) is 94.8 cm³/mol. The van der Waals surface area contributed by atoms with Crippen LogP contribution in [0.2, 0.25) is 5.02 Å². The summed E-state index contributed by atoms with van der Waals surface area (Å²) in [5.41, 5.74) is 2.40. The van der Waals surface area contributed by atoms with E-state index in [9.17, 15) is 4.79 Å². The lowest BCUT2D eigenvalue weighted by atomic mass is 10.1. The Morgan fingerprint density at radius 2 is 2.00 bits per heavy atom. The van der Waals surface area contributed by atoms with E-state index in [1.165, 1.54) is 0 Å². The van der Waals surface area contributed by atoms with Crippen LogP contribution in [-0.4, -0.2) is 25.0 Å². The Morgan fingerprint density at radius 3 is 2.71 bits per heavy atom. The van der Waals surface area contributed by atoms with E-state index in [-0.39, 0.29) is 5.91 Å². The predicted octanol–water partition coefficient (Wildman–Crippen LogP) is 4.68. The van der Waals surface area contributed by atoms with Gasteiger partial charge in [-0.2, -0.15) is 0 Å². The van der Waals surface area contributed by atoms with Crippen LogP contribution in [-0.2, 0) is 6.54 Å². The minimum absolute atomic E-state index is 0.175. The van der Waals surface area contributed by atoms with Gasteiger partial charge in [0.2, 0.25) is 0 Å². The fraction of sp³-hybridized carbons (Fsp3) is 0.211. The van der Waals surface area contributed by atoms with Gasteiger partial charge in [-0.25, -0.2) is 0 Å². The number of methoxy groups -OCH3 is 1. The van der Waals surface area contributed by atoms with Crippen molar-refractivity contribution in [1.82, 2.24) is 4.90 Å². The number of carbonyl (C=O) groups is 1. The zero-order valence-electron chi connectivity index (χ0n) is 13.8. The molecular weight excluding hydrogens is 326 g/mol. The summed E-state index contributed by atoms with van der Waals surface area (Å²) in [5.74, 6) is 0.880. The van der Waals surface area contributed by atoms with E-state index >= 15 is 0 Å². The van der Waals surface area contributed by atoms with Crippen LogP contribution in [0.5, 0.6) is 5.75 Å². The molecule has 0 spiro atoms. The van der Waals surface area contributed by atoms with Gasteiger partial charge in [0.1, 0.15) is 11.3 Å². The van der Waals surface area contributed by atoms with Gasteiger partial charge < -0.3 is 14.1 Å². The molecule has 0 radical (unpaired) electrons. The molecule has 1 aromatic heterocycles. The Morgan fingerprint density at radius 1 is 1.25 bits per heavy atom. The average molecular weight is 344 g/mol. The van der Waals surface area contributed by atoms with Gasteiger partial charge in [-0.1, -0.05) is 29.8 Å². The molecule has 3 aromatic rings. The first-order valence-corrected chi connectivity index (χ1v) is 7.95. The van der Waals surface area contributed by atoms with Gasteiger partial charge in [0, 0.05) is 35.1 Å². The number of rotatable bonds is 4. The van der Waals surface area contributed by atoms with Crippen LogP contribution in [0.4, 0.5) is 0 Å². The Balaban J connectivity index is 1.89. The zero-order valence-corrected chi connectivity index (χ0v) is 14.6. The number of ether oxygens (including phenoxy) is 1. The average Bonchev–Trinajstić information content (AvgIpc) is 2.91. The first-order valence-electron chi connectivity index (χ1n) is 7.57. The molecule has 124 valence electrons. The van der Waals surface area contributed by atoms with Crippen molar-refractivity contribution >= 4 is 28.5 Å². The summed E-state index contributed by atoms with van der Waals surface area (Å²) in [6.07, 6.45) is 0. The molecule has 0 bridgehead atoms. The number of hydrogen-bond acceptors (Lipinski definition) is 3. The molecule has 0 fully saturated rings. The standard InChI is InChI=1S/C19H18ClNO3/c1-12-15-6-4-5-7-17(15)24-18(12)19(22)21(2)11-13-10-14(20)8-9-16(13)23-3/h4-10H,11H2,1-3H3. The molecular formula is C19H18ClNO3. The number of amides is 1. The molecule has 3 rings (SSSR count). The number of halogens is 1. The van der Waals surface area contributed by atoms with Gasteiger partial charge in [0.25, 0.3) is 5.91 Å². The lowest BCUT2D eigenvalue weighted by Crippen LogP contribution is -2.26. The van der Waals surface area contributed by atoms with E-state index < -0.39 is 0 Å². The van der Waals surface area contributed by atoms with Gasteiger partial charge in [-0.3, -0.25) is 4.79 Å². The maximum absolute atomic E-state index is 12.8. The lowest BCUT2D eigenvalue weighted by molar-refractivity contribution is 0.0754. The summed E-state index contributed by atoms with van der Waals surface area (Å²) in [7, 11) is 3.33. The normalized spacial score (nSPS) is 10.8. The monoisotopic (exact) mass is 343 g/mol. The van der Waals surface area contributed by atoms with E-state index in [2.05, 4.69) is 0 Å². The van der Waals surface area contributed by atoms with Crippen molar-refractivity contribution in [3.8, 4) is 5.75 Å². The Kier molecular flexibility index (Phi) is 4.49. The van der Waals surface area contributed by atoms with Gasteiger partial charge in [0.05, 0.1) is 7.11 Å². The third kappa shape index (κ3) is 2.97. The molecule has 2 aromatic carbocycles. The van der Waals surface area contributed by atoms with Crippen LogP contribution in [0.1, 0.15) is 21.7 Å². The highest BCUT2D eigenvalue weighted by Crippen LogP contribution is 2.28. The van der Waals surface area contributed by atoms with Crippen molar-refractivity contribution in [1.29, 1.82) is 0 Å². The second-order valence-corrected chi connectivity index (χ2v) is 6.11. The maximum Gasteiger partial charge on any atom is 0.289 e. The summed E-state index contributed by atoms with van der Waals surface area (Å²) in [4.78, 5) is 14.4. The molecule has 0 saturated heterocycles. The van der Waals surface area contributed by atoms with Crippen LogP contribution in [0, 0.1) is 6.92 Å². The van der Waals surface area contributed by atoms with E-state index in [1.54, 1.807) is 37.3 Å². The van der Waals surface area contributed by atoms with E-state index in [1.807, 2.05) is 31.2 Å². The number of fused-ring (bicyclic) bond motifs is 1. The molecule has 0 aliphatic carbocycles. The molecule has 1 heterocycles. The number of para-hydroxylation sites is 1. The number of carbonyl (C=O) groups excluding carboxylic acids is 1. The van der Waals surface area contributed by atoms with Gasteiger partial charge in [-0.05, 0) is 31.2 Å². The third-order valence-corrected chi connectivity index (χ3v) is 4.27. The number of hydrogen-bond donors (Lipinski definition) is 0. The Bertz CT molecular complexity index is 901. The van der Waals surface area contributed by atoms with Gasteiger partial charge in [-0.15, -0.1) is 0 Å². The Hall–Kier alpha value is -2.46. The second-order valence-electron chi connectivity index (χ2n) is 5.67. The van der Waals surface area contributed by atoms with Gasteiger partial charge in [0.15, 0.2) is 5.76 Å². The first-order chi connectivity index (χ1) is 11.5. The topological polar surface area (TPSA) is 42.7 Å². The molecule has 0 aliphatic rings. The summed E-state index contributed by atoms with van der Waals surface area (Å²) in [5, 5.41) is 1.56.